The second kappa shape index (κ2) is 7.04. The van der Waals surface area contributed by atoms with Gasteiger partial charge in [0.05, 0.1) is 6.10 Å². The zero-order valence-electron chi connectivity index (χ0n) is 11.5. The number of allylic oxidation sites excluding steroid dienone is 1. The number of aliphatic hydroxyl groups is 1. The van der Waals surface area contributed by atoms with E-state index in [1.54, 1.807) is 6.08 Å². The Morgan fingerprint density at radius 3 is 2.70 bits per heavy atom. The Labute approximate surface area is 117 Å². The van der Waals surface area contributed by atoms with Gasteiger partial charge < -0.3 is 21.1 Å². The quantitative estimate of drug-likeness (QED) is 0.537. The van der Waals surface area contributed by atoms with Crippen LogP contribution >= 0.6 is 0 Å². The third-order valence-electron chi connectivity index (χ3n) is 3.31. The highest BCUT2D eigenvalue weighted by Gasteiger charge is 2.38. The molecule has 0 spiro atoms. The monoisotopic (exact) mass is 283 g/mol. The fraction of sp³-hybridized carbons (Fsp3) is 0.615. The molecule has 0 aliphatic carbocycles. The molecule has 0 saturated carbocycles. The van der Waals surface area contributed by atoms with Crippen LogP contribution in [-0.4, -0.2) is 52.5 Å². The lowest BCUT2D eigenvalue weighted by molar-refractivity contribution is -0.138. The summed E-state index contributed by atoms with van der Waals surface area (Å²) in [4.78, 5) is 36.1. The lowest BCUT2D eigenvalue weighted by atomic mass is 10.1. The van der Waals surface area contributed by atoms with E-state index in [-0.39, 0.29) is 18.9 Å². The van der Waals surface area contributed by atoms with E-state index >= 15 is 0 Å². The number of carbonyl (C=O) groups is 3. The Kier molecular flexibility index (Phi) is 5.69. The predicted octanol–water partition coefficient (Wildman–Crippen LogP) is -1.10. The zero-order valence-corrected chi connectivity index (χ0v) is 11.5. The summed E-state index contributed by atoms with van der Waals surface area (Å²) in [6.07, 6.45) is 1.97. The fourth-order valence-electron chi connectivity index (χ4n) is 2.25. The Hall–Kier alpha value is -1.89. The normalized spacial score (nSPS) is 23.2. The molecule has 0 radical (unpaired) electrons. The van der Waals surface area contributed by atoms with Crippen molar-refractivity contribution in [3.8, 4) is 0 Å². The molecule has 0 aromatic rings. The highest BCUT2D eigenvalue weighted by atomic mass is 16.3. The number of amides is 3. The largest absolute Gasteiger partial charge is 0.391 e. The highest BCUT2D eigenvalue weighted by Crippen LogP contribution is 2.18. The van der Waals surface area contributed by atoms with Gasteiger partial charge in [-0.15, -0.1) is 6.58 Å². The van der Waals surface area contributed by atoms with Crippen LogP contribution in [-0.2, 0) is 14.4 Å². The van der Waals surface area contributed by atoms with E-state index in [2.05, 4.69) is 11.9 Å². The van der Waals surface area contributed by atoms with Crippen LogP contribution in [0.25, 0.3) is 0 Å². The number of nitrogens with one attached hydrogen (secondary N) is 1. The van der Waals surface area contributed by atoms with Gasteiger partial charge in [0.2, 0.25) is 17.7 Å². The van der Waals surface area contributed by atoms with Crippen molar-refractivity contribution in [2.75, 3.05) is 6.54 Å². The number of hydrogen-bond acceptors (Lipinski definition) is 4. The SMILES string of the molecule is C=CCC[C@H](NC(=O)[C@@H]1C[C@@H](O)CN1C(C)=O)C(N)=O. The molecule has 1 aliphatic rings. The van der Waals surface area contributed by atoms with Gasteiger partial charge in [0, 0.05) is 19.9 Å². The molecule has 0 aromatic heterocycles. The summed E-state index contributed by atoms with van der Waals surface area (Å²) in [5, 5.41) is 12.1. The Bertz CT molecular complexity index is 410. The van der Waals surface area contributed by atoms with Gasteiger partial charge in [-0.05, 0) is 12.8 Å². The maximum absolute atomic E-state index is 12.1. The van der Waals surface area contributed by atoms with Gasteiger partial charge in [0.1, 0.15) is 12.1 Å². The molecule has 1 fully saturated rings. The van der Waals surface area contributed by atoms with Crippen molar-refractivity contribution in [3.63, 3.8) is 0 Å². The summed E-state index contributed by atoms with van der Waals surface area (Å²) in [6.45, 7) is 5.00. The predicted molar refractivity (Wildman–Crippen MR) is 72.4 cm³/mol. The van der Waals surface area contributed by atoms with E-state index in [9.17, 15) is 19.5 Å². The summed E-state index contributed by atoms with van der Waals surface area (Å²) < 4.78 is 0. The molecule has 3 amide bonds. The molecule has 20 heavy (non-hydrogen) atoms. The molecular weight excluding hydrogens is 262 g/mol. The summed E-state index contributed by atoms with van der Waals surface area (Å²) in [5.74, 6) is -1.39. The first-order valence-electron chi connectivity index (χ1n) is 6.52. The molecule has 3 atom stereocenters. The highest BCUT2D eigenvalue weighted by molar-refractivity contribution is 5.91. The van der Waals surface area contributed by atoms with Gasteiger partial charge >= 0.3 is 0 Å². The summed E-state index contributed by atoms with van der Waals surface area (Å²) in [5.41, 5.74) is 5.23. The first-order chi connectivity index (χ1) is 9.36. The first kappa shape index (κ1) is 16.2. The second-order valence-electron chi connectivity index (χ2n) is 4.91. The molecule has 7 heteroatoms. The molecule has 4 N–H and O–H groups in total. The first-order valence-corrected chi connectivity index (χ1v) is 6.52. The van der Waals surface area contributed by atoms with Crippen LogP contribution in [0.3, 0.4) is 0 Å². The third-order valence-corrected chi connectivity index (χ3v) is 3.31. The van der Waals surface area contributed by atoms with Crippen molar-refractivity contribution in [3.05, 3.63) is 12.7 Å². The van der Waals surface area contributed by atoms with Crippen molar-refractivity contribution in [2.45, 2.75) is 44.4 Å². The smallest absolute Gasteiger partial charge is 0.243 e. The van der Waals surface area contributed by atoms with Crippen LogP contribution in [0.5, 0.6) is 0 Å². The number of carbonyl (C=O) groups excluding carboxylic acids is 3. The molecule has 0 bridgehead atoms. The van der Waals surface area contributed by atoms with Crippen molar-refractivity contribution >= 4 is 17.7 Å². The Balaban J connectivity index is 2.70. The minimum Gasteiger partial charge on any atom is -0.391 e. The topological polar surface area (TPSA) is 113 Å². The van der Waals surface area contributed by atoms with Crippen LogP contribution < -0.4 is 11.1 Å². The number of nitrogens with two attached hydrogens (primary N) is 1. The lowest BCUT2D eigenvalue weighted by Gasteiger charge is -2.24. The average molecular weight is 283 g/mol. The number of hydrogen-bond donors (Lipinski definition) is 3. The van der Waals surface area contributed by atoms with Crippen LogP contribution in [0.2, 0.25) is 0 Å². The average Bonchev–Trinajstić information content (AvgIpc) is 2.76. The zero-order chi connectivity index (χ0) is 15.3. The Morgan fingerprint density at radius 2 is 2.20 bits per heavy atom. The van der Waals surface area contributed by atoms with E-state index in [1.807, 2.05) is 0 Å². The third kappa shape index (κ3) is 4.06. The molecule has 1 rings (SSSR count). The van der Waals surface area contributed by atoms with Crippen LogP contribution in [0.4, 0.5) is 0 Å². The van der Waals surface area contributed by atoms with Crippen molar-refractivity contribution in [1.29, 1.82) is 0 Å². The maximum atomic E-state index is 12.1. The van der Waals surface area contributed by atoms with Crippen molar-refractivity contribution < 1.29 is 19.5 Å². The van der Waals surface area contributed by atoms with Gasteiger partial charge in [-0.3, -0.25) is 14.4 Å². The molecular formula is C13H21N3O4. The van der Waals surface area contributed by atoms with E-state index in [4.69, 9.17) is 5.73 Å². The van der Waals surface area contributed by atoms with E-state index in [0.717, 1.165) is 0 Å². The van der Waals surface area contributed by atoms with Gasteiger partial charge in [0.15, 0.2) is 0 Å². The fourth-order valence-corrected chi connectivity index (χ4v) is 2.25. The number of β-amino-alcohol motifs (C(OH)–C–C–N with tert-alkyl or cyclic N) is 1. The molecule has 0 aromatic carbocycles. The molecule has 1 aliphatic heterocycles. The maximum Gasteiger partial charge on any atom is 0.243 e. The number of primary amides is 1. The minimum absolute atomic E-state index is 0.126. The molecule has 0 unspecified atom stereocenters. The molecule has 1 heterocycles. The Morgan fingerprint density at radius 1 is 1.55 bits per heavy atom. The molecule has 7 nitrogen and oxygen atoms in total. The second-order valence-corrected chi connectivity index (χ2v) is 4.91. The van der Waals surface area contributed by atoms with Crippen LogP contribution in [0.15, 0.2) is 12.7 Å². The van der Waals surface area contributed by atoms with Gasteiger partial charge in [-0.2, -0.15) is 0 Å². The number of nitrogens with zero attached hydrogens (tertiary/aromatic N) is 1. The summed E-state index contributed by atoms with van der Waals surface area (Å²) >= 11 is 0. The standard InChI is InChI=1S/C13H21N3O4/c1-3-4-5-10(12(14)19)15-13(20)11-6-9(18)7-16(11)8(2)17/h3,9-11,18H,1,4-7H2,2H3,(H2,14,19)(H,15,20)/t9-,10+,11+/m1/s1. The van der Waals surface area contributed by atoms with E-state index in [1.165, 1.54) is 11.8 Å². The lowest BCUT2D eigenvalue weighted by Crippen LogP contribution is -2.51. The molecule has 112 valence electrons. The van der Waals surface area contributed by atoms with Crippen molar-refractivity contribution in [1.82, 2.24) is 10.2 Å². The van der Waals surface area contributed by atoms with Gasteiger partial charge in [-0.1, -0.05) is 6.08 Å². The minimum atomic E-state index is -0.799. The number of rotatable bonds is 6. The number of aliphatic hydroxyl groups excluding tert-OH is 1. The van der Waals surface area contributed by atoms with E-state index < -0.39 is 30.0 Å². The van der Waals surface area contributed by atoms with Gasteiger partial charge in [0.25, 0.3) is 0 Å². The van der Waals surface area contributed by atoms with E-state index in [0.29, 0.717) is 12.8 Å². The van der Waals surface area contributed by atoms with Crippen LogP contribution in [0, 0.1) is 0 Å². The summed E-state index contributed by atoms with van der Waals surface area (Å²) in [7, 11) is 0. The van der Waals surface area contributed by atoms with Gasteiger partial charge in [-0.25, -0.2) is 0 Å². The van der Waals surface area contributed by atoms with Crippen molar-refractivity contribution in [2.24, 2.45) is 5.73 Å². The number of likely N-dealkylation sites (tertiary alicyclic amines) is 1. The van der Waals surface area contributed by atoms with Crippen LogP contribution in [0.1, 0.15) is 26.2 Å². The summed E-state index contributed by atoms with van der Waals surface area (Å²) in [6, 6.07) is -1.56. The molecule has 1 saturated heterocycles.